The van der Waals surface area contributed by atoms with Crippen molar-refractivity contribution in [3.05, 3.63) is 54.0 Å². The van der Waals surface area contributed by atoms with Crippen LogP contribution >= 0.6 is 0 Å². The summed E-state index contributed by atoms with van der Waals surface area (Å²) < 4.78 is 7.09. The van der Waals surface area contributed by atoms with Gasteiger partial charge in [0.2, 0.25) is 0 Å². The monoisotopic (exact) mass is 352 g/mol. The van der Waals surface area contributed by atoms with Gasteiger partial charge in [0.1, 0.15) is 5.69 Å². The van der Waals surface area contributed by atoms with Crippen molar-refractivity contribution in [1.29, 1.82) is 0 Å². The maximum Gasteiger partial charge on any atom is 0.274 e. The summed E-state index contributed by atoms with van der Waals surface area (Å²) in [5.74, 6) is 0.442. The summed E-state index contributed by atoms with van der Waals surface area (Å²) in [6.45, 7) is 7.98. The summed E-state index contributed by atoms with van der Waals surface area (Å²) in [7, 11) is 1.59. The molecule has 2 aromatic heterocycles. The summed E-state index contributed by atoms with van der Waals surface area (Å²) in [4.78, 5) is 19.6. The Morgan fingerprint density at radius 2 is 1.88 bits per heavy atom. The Balaban J connectivity index is 1.87. The molecule has 0 spiro atoms. The molecule has 6 heteroatoms. The number of nitrogens with zero attached hydrogens (tertiary/aromatic N) is 3. The number of hydrogen-bond acceptors (Lipinski definition) is 4. The smallest absolute Gasteiger partial charge is 0.274 e. The summed E-state index contributed by atoms with van der Waals surface area (Å²) in [5.41, 5.74) is 3.69. The van der Waals surface area contributed by atoms with Crippen molar-refractivity contribution in [2.75, 3.05) is 30.4 Å². The van der Waals surface area contributed by atoms with Crippen molar-refractivity contribution in [2.45, 2.75) is 20.8 Å². The lowest BCUT2D eigenvalue weighted by molar-refractivity contribution is 0.102. The van der Waals surface area contributed by atoms with E-state index in [0.29, 0.717) is 22.8 Å². The van der Waals surface area contributed by atoms with E-state index in [0.717, 1.165) is 24.5 Å². The number of ether oxygens (including phenoxy) is 1. The topological polar surface area (TPSA) is 58.9 Å². The third-order valence-electron chi connectivity index (χ3n) is 4.48. The molecule has 0 aliphatic rings. The molecule has 0 fully saturated rings. The minimum Gasteiger partial charge on any atom is -0.493 e. The van der Waals surface area contributed by atoms with Crippen molar-refractivity contribution in [3.63, 3.8) is 0 Å². The predicted molar refractivity (Wildman–Crippen MR) is 104 cm³/mol. The molecule has 0 bridgehead atoms. The molecule has 2 heterocycles. The van der Waals surface area contributed by atoms with Gasteiger partial charge in [-0.25, -0.2) is 4.98 Å². The maximum atomic E-state index is 12.8. The van der Waals surface area contributed by atoms with Crippen molar-refractivity contribution in [1.82, 2.24) is 9.38 Å². The van der Waals surface area contributed by atoms with Crippen LogP contribution in [0.4, 0.5) is 11.4 Å². The Bertz CT molecular complexity index is 911. The van der Waals surface area contributed by atoms with E-state index < -0.39 is 0 Å². The highest BCUT2D eigenvalue weighted by Crippen LogP contribution is 2.23. The molecule has 6 nitrogen and oxygen atoms in total. The average Bonchev–Trinajstić information content (AvgIpc) is 3.00. The molecule has 26 heavy (non-hydrogen) atoms. The lowest BCUT2D eigenvalue weighted by atomic mass is 10.2. The Kier molecular flexibility index (Phi) is 5.11. The molecule has 0 atom stereocenters. The van der Waals surface area contributed by atoms with E-state index in [4.69, 9.17) is 4.74 Å². The van der Waals surface area contributed by atoms with Gasteiger partial charge in [-0.15, -0.1) is 0 Å². The summed E-state index contributed by atoms with van der Waals surface area (Å²) in [6, 6.07) is 11.5. The van der Waals surface area contributed by atoms with E-state index >= 15 is 0 Å². The average molecular weight is 352 g/mol. The van der Waals surface area contributed by atoms with Gasteiger partial charge in [0.05, 0.1) is 12.8 Å². The number of carbonyl (C=O) groups is 1. The standard InChI is InChI=1S/C20H24N4O2/c1-5-23(6-2)16-11-9-15(10-12-16)22-20(25)18-14(3)21-19-17(26-4)8-7-13-24(18)19/h7-13H,5-6H2,1-4H3,(H,22,25). The number of hydrogen-bond donors (Lipinski definition) is 1. The van der Waals surface area contributed by atoms with Crippen LogP contribution < -0.4 is 15.0 Å². The highest BCUT2D eigenvalue weighted by molar-refractivity contribution is 6.04. The first-order valence-electron chi connectivity index (χ1n) is 8.77. The summed E-state index contributed by atoms with van der Waals surface area (Å²) in [5, 5.41) is 2.96. The van der Waals surface area contributed by atoms with E-state index in [1.54, 1.807) is 11.5 Å². The molecule has 0 aliphatic heterocycles. The highest BCUT2D eigenvalue weighted by Gasteiger charge is 2.18. The van der Waals surface area contributed by atoms with E-state index in [1.165, 1.54) is 0 Å². The Morgan fingerprint density at radius 3 is 2.50 bits per heavy atom. The van der Waals surface area contributed by atoms with Crippen LogP contribution in [-0.2, 0) is 0 Å². The molecular formula is C20H24N4O2. The van der Waals surface area contributed by atoms with E-state index in [9.17, 15) is 4.79 Å². The fraction of sp³-hybridized carbons (Fsp3) is 0.300. The molecule has 0 saturated heterocycles. The molecule has 3 rings (SSSR count). The van der Waals surface area contributed by atoms with Crippen LogP contribution in [0.1, 0.15) is 30.0 Å². The molecular weight excluding hydrogens is 328 g/mol. The Morgan fingerprint density at radius 1 is 1.19 bits per heavy atom. The van der Waals surface area contributed by atoms with Gasteiger partial charge in [-0.1, -0.05) is 0 Å². The Labute approximate surface area is 153 Å². The van der Waals surface area contributed by atoms with Crippen molar-refractivity contribution in [3.8, 4) is 5.75 Å². The maximum absolute atomic E-state index is 12.8. The first-order chi connectivity index (χ1) is 12.6. The first-order valence-corrected chi connectivity index (χ1v) is 8.77. The number of imidazole rings is 1. The lowest BCUT2D eigenvalue weighted by Gasteiger charge is -2.21. The van der Waals surface area contributed by atoms with Gasteiger partial charge >= 0.3 is 0 Å². The largest absolute Gasteiger partial charge is 0.493 e. The SMILES string of the molecule is CCN(CC)c1ccc(NC(=O)c2c(C)nc3c(OC)cccn23)cc1. The number of pyridine rings is 1. The van der Waals surface area contributed by atoms with Crippen molar-refractivity contribution < 1.29 is 9.53 Å². The van der Waals surface area contributed by atoms with E-state index in [2.05, 4.69) is 29.0 Å². The van der Waals surface area contributed by atoms with Crippen LogP contribution in [-0.4, -0.2) is 35.5 Å². The molecule has 1 amide bonds. The lowest BCUT2D eigenvalue weighted by Crippen LogP contribution is -2.21. The van der Waals surface area contributed by atoms with Crippen LogP contribution in [0.3, 0.4) is 0 Å². The minimum absolute atomic E-state index is 0.196. The number of fused-ring (bicyclic) bond motifs is 1. The number of benzene rings is 1. The van der Waals surface area contributed by atoms with Crippen LogP contribution in [0.15, 0.2) is 42.6 Å². The zero-order chi connectivity index (χ0) is 18.7. The van der Waals surface area contributed by atoms with Gasteiger partial charge in [0.25, 0.3) is 5.91 Å². The van der Waals surface area contributed by atoms with Crippen LogP contribution in [0, 0.1) is 6.92 Å². The van der Waals surface area contributed by atoms with Crippen molar-refractivity contribution in [2.24, 2.45) is 0 Å². The molecule has 3 aromatic rings. The summed E-state index contributed by atoms with van der Waals surface area (Å²) >= 11 is 0. The number of anilines is 2. The molecule has 0 unspecified atom stereocenters. The summed E-state index contributed by atoms with van der Waals surface area (Å²) in [6.07, 6.45) is 1.82. The zero-order valence-corrected chi connectivity index (χ0v) is 15.6. The number of aryl methyl sites for hydroxylation is 1. The second kappa shape index (κ2) is 7.47. The van der Waals surface area contributed by atoms with Gasteiger partial charge < -0.3 is 15.0 Å². The number of aromatic nitrogens is 2. The third-order valence-corrected chi connectivity index (χ3v) is 4.48. The van der Waals surface area contributed by atoms with Crippen LogP contribution in [0.2, 0.25) is 0 Å². The predicted octanol–water partition coefficient (Wildman–Crippen LogP) is 3.75. The second-order valence-corrected chi connectivity index (χ2v) is 5.99. The molecule has 136 valence electrons. The van der Waals surface area contributed by atoms with Crippen molar-refractivity contribution >= 4 is 22.9 Å². The van der Waals surface area contributed by atoms with Crippen LogP contribution in [0.25, 0.3) is 5.65 Å². The number of rotatable bonds is 6. The van der Waals surface area contributed by atoms with E-state index in [-0.39, 0.29) is 5.91 Å². The molecule has 0 saturated carbocycles. The second-order valence-electron chi connectivity index (χ2n) is 5.99. The fourth-order valence-corrected chi connectivity index (χ4v) is 3.12. The van der Waals surface area contributed by atoms with Gasteiger partial charge in [-0.05, 0) is 57.2 Å². The molecule has 0 aliphatic carbocycles. The molecule has 1 aromatic carbocycles. The van der Waals surface area contributed by atoms with Crippen LogP contribution in [0.5, 0.6) is 5.75 Å². The number of nitrogens with one attached hydrogen (secondary N) is 1. The minimum atomic E-state index is -0.196. The quantitative estimate of drug-likeness (QED) is 0.734. The highest BCUT2D eigenvalue weighted by atomic mass is 16.5. The molecule has 0 radical (unpaired) electrons. The van der Waals surface area contributed by atoms with E-state index in [1.807, 2.05) is 49.5 Å². The van der Waals surface area contributed by atoms with Gasteiger partial charge in [-0.2, -0.15) is 0 Å². The van der Waals surface area contributed by atoms with Gasteiger partial charge in [0, 0.05) is 30.7 Å². The van der Waals surface area contributed by atoms with Gasteiger partial charge in [0.15, 0.2) is 11.4 Å². The fourth-order valence-electron chi connectivity index (χ4n) is 3.12. The normalized spacial score (nSPS) is 10.8. The first kappa shape index (κ1) is 17.8. The Hall–Kier alpha value is -3.02. The van der Waals surface area contributed by atoms with Gasteiger partial charge in [-0.3, -0.25) is 9.20 Å². The number of amides is 1. The molecule has 1 N–H and O–H groups in total. The third kappa shape index (κ3) is 3.22. The zero-order valence-electron chi connectivity index (χ0n) is 15.6. The number of methoxy groups -OCH3 is 1. The number of carbonyl (C=O) groups excluding carboxylic acids is 1.